The normalized spacial score (nSPS) is 22.6. The Bertz CT molecular complexity index is 520. The van der Waals surface area contributed by atoms with Gasteiger partial charge in [-0.15, -0.1) is 0 Å². The molecule has 0 bridgehead atoms. The van der Waals surface area contributed by atoms with Gasteiger partial charge in [0, 0.05) is 30.7 Å². The molecule has 1 aromatic rings. The fourth-order valence-corrected chi connectivity index (χ4v) is 3.15. The maximum absolute atomic E-state index is 13.9. The van der Waals surface area contributed by atoms with Crippen molar-refractivity contribution >= 4 is 5.97 Å². The fraction of sp³-hybridized carbons (Fsp3) is 0.562. The molecule has 2 N–H and O–H groups in total. The maximum Gasteiger partial charge on any atom is 0.335 e. The van der Waals surface area contributed by atoms with E-state index in [-0.39, 0.29) is 17.6 Å². The lowest BCUT2D eigenvalue weighted by Gasteiger charge is -2.26. The topological polar surface area (TPSA) is 60.8 Å². The van der Waals surface area contributed by atoms with Gasteiger partial charge in [0.25, 0.3) is 0 Å². The number of carbonyl (C=O) groups is 1. The van der Waals surface area contributed by atoms with E-state index in [1.807, 2.05) is 0 Å². The van der Waals surface area contributed by atoms with Crippen LogP contribution in [-0.2, 0) is 6.54 Å². The zero-order chi connectivity index (χ0) is 15.5. The van der Waals surface area contributed by atoms with E-state index in [0.29, 0.717) is 12.1 Å². The van der Waals surface area contributed by atoms with Crippen LogP contribution in [0.5, 0.6) is 0 Å². The van der Waals surface area contributed by atoms with Crippen LogP contribution in [-0.4, -0.2) is 40.8 Å². The van der Waals surface area contributed by atoms with Crippen molar-refractivity contribution in [2.45, 2.75) is 32.7 Å². The van der Waals surface area contributed by atoms with Crippen LogP contribution in [0.25, 0.3) is 0 Å². The quantitative estimate of drug-likeness (QED) is 0.846. The molecule has 0 amide bonds. The fourth-order valence-electron chi connectivity index (χ4n) is 3.15. The number of rotatable bonds is 6. The molecule has 0 aromatic heterocycles. The van der Waals surface area contributed by atoms with Crippen LogP contribution in [0.1, 0.15) is 42.1 Å². The van der Waals surface area contributed by atoms with Crippen LogP contribution in [0.3, 0.4) is 0 Å². The number of aromatic carboxylic acids is 1. The second-order valence-corrected chi connectivity index (χ2v) is 5.98. The van der Waals surface area contributed by atoms with E-state index in [1.54, 1.807) is 0 Å². The molecule has 116 valence electrons. The molecule has 1 fully saturated rings. The van der Waals surface area contributed by atoms with E-state index in [9.17, 15) is 14.3 Å². The molecule has 1 atom stereocenters. The number of halogens is 1. The van der Waals surface area contributed by atoms with Crippen LogP contribution in [0.15, 0.2) is 18.2 Å². The van der Waals surface area contributed by atoms with E-state index in [2.05, 4.69) is 11.8 Å². The first kappa shape index (κ1) is 15.9. The monoisotopic (exact) mass is 295 g/mol. The predicted octanol–water partition coefficient (Wildman–Crippen LogP) is 2.51. The number of carboxylic acids is 1. The zero-order valence-electron chi connectivity index (χ0n) is 12.3. The lowest BCUT2D eigenvalue weighted by molar-refractivity contribution is 0.0696. The summed E-state index contributed by atoms with van der Waals surface area (Å²) in [6.07, 6.45) is 2.92. The number of hydrogen-bond acceptors (Lipinski definition) is 3. The molecule has 1 unspecified atom stereocenters. The second-order valence-electron chi connectivity index (χ2n) is 5.98. The summed E-state index contributed by atoms with van der Waals surface area (Å²) in [5.74, 6) is -1.60. The summed E-state index contributed by atoms with van der Waals surface area (Å²) >= 11 is 0. The summed E-state index contributed by atoms with van der Waals surface area (Å²) in [7, 11) is 0. The number of hydrogen-bond donors (Lipinski definition) is 2. The summed E-state index contributed by atoms with van der Waals surface area (Å²) in [6, 6.07) is 4.04. The highest BCUT2D eigenvalue weighted by Crippen LogP contribution is 2.35. The number of aliphatic hydroxyl groups is 1. The minimum absolute atomic E-state index is 0.0339. The van der Waals surface area contributed by atoms with Gasteiger partial charge in [-0.2, -0.15) is 0 Å². The average molecular weight is 295 g/mol. The molecule has 1 heterocycles. The third-order valence-corrected chi connectivity index (χ3v) is 4.33. The number of likely N-dealkylation sites (tertiary alicyclic amines) is 1. The number of nitrogens with zero attached hydrogens (tertiary/aromatic N) is 1. The Morgan fingerprint density at radius 1 is 1.48 bits per heavy atom. The highest BCUT2D eigenvalue weighted by Gasteiger charge is 2.36. The summed E-state index contributed by atoms with van der Waals surface area (Å²) in [5.41, 5.74) is 0.408. The highest BCUT2D eigenvalue weighted by molar-refractivity contribution is 5.87. The van der Waals surface area contributed by atoms with E-state index in [4.69, 9.17) is 5.11 Å². The van der Waals surface area contributed by atoms with Gasteiger partial charge in [0.1, 0.15) is 5.82 Å². The lowest BCUT2D eigenvalue weighted by atomic mass is 9.83. The van der Waals surface area contributed by atoms with Crippen molar-refractivity contribution in [3.05, 3.63) is 35.1 Å². The molecule has 1 aromatic carbocycles. The Morgan fingerprint density at radius 3 is 2.81 bits per heavy atom. The first-order chi connectivity index (χ1) is 9.99. The Balaban J connectivity index is 2.05. The van der Waals surface area contributed by atoms with Gasteiger partial charge < -0.3 is 10.2 Å². The predicted molar refractivity (Wildman–Crippen MR) is 77.7 cm³/mol. The van der Waals surface area contributed by atoms with Gasteiger partial charge in [0.15, 0.2) is 0 Å². The van der Waals surface area contributed by atoms with Gasteiger partial charge in [-0.05, 0) is 31.5 Å². The first-order valence-electron chi connectivity index (χ1n) is 7.34. The van der Waals surface area contributed by atoms with E-state index in [0.717, 1.165) is 38.4 Å². The van der Waals surface area contributed by atoms with Gasteiger partial charge in [0.2, 0.25) is 0 Å². The molecule has 1 aliphatic rings. The number of carboxylic acid groups (broad SMARTS) is 1. The maximum atomic E-state index is 13.9. The highest BCUT2D eigenvalue weighted by atomic mass is 19.1. The summed E-state index contributed by atoms with van der Waals surface area (Å²) in [5, 5.41) is 18.5. The summed E-state index contributed by atoms with van der Waals surface area (Å²) in [6.45, 7) is 4.32. The minimum atomic E-state index is -1.12. The molecule has 4 nitrogen and oxygen atoms in total. The van der Waals surface area contributed by atoms with Crippen molar-refractivity contribution < 1.29 is 19.4 Å². The number of benzene rings is 1. The van der Waals surface area contributed by atoms with Crippen molar-refractivity contribution in [3.63, 3.8) is 0 Å². The van der Waals surface area contributed by atoms with Crippen LogP contribution in [0, 0.1) is 11.2 Å². The first-order valence-corrected chi connectivity index (χ1v) is 7.34. The van der Waals surface area contributed by atoms with Crippen molar-refractivity contribution in [1.29, 1.82) is 0 Å². The molecule has 0 spiro atoms. The Hall–Kier alpha value is -1.46. The third kappa shape index (κ3) is 3.60. The van der Waals surface area contributed by atoms with Gasteiger partial charge in [-0.25, -0.2) is 9.18 Å². The van der Waals surface area contributed by atoms with Crippen LogP contribution >= 0.6 is 0 Å². The van der Waals surface area contributed by atoms with Crippen LogP contribution < -0.4 is 0 Å². The Labute approximate surface area is 124 Å². The van der Waals surface area contributed by atoms with Crippen molar-refractivity contribution in [2.75, 3.05) is 19.7 Å². The van der Waals surface area contributed by atoms with Gasteiger partial charge in [-0.1, -0.05) is 19.4 Å². The average Bonchev–Trinajstić information content (AvgIpc) is 2.85. The Kier molecular flexibility index (Phi) is 4.96. The third-order valence-electron chi connectivity index (χ3n) is 4.33. The molecule has 0 radical (unpaired) electrons. The van der Waals surface area contributed by atoms with Gasteiger partial charge in [0.05, 0.1) is 5.56 Å². The smallest absolute Gasteiger partial charge is 0.335 e. The molecule has 1 aliphatic heterocycles. The van der Waals surface area contributed by atoms with E-state index >= 15 is 0 Å². The van der Waals surface area contributed by atoms with Crippen molar-refractivity contribution in [1.82, 2.24) is 4.90 Å². The second kappa shape index (κ2) is 6.54. The minimum Gasteiger partial charge on any atom is -0.478 e. The molecular formula is C16H22FNO3. The Morgan fingerprint density at radius 2 is 2.24 bits per heavy atom. The van der Waals surface area contributed by atoms with E-state index in [1.165, 1.54) is 12.1 Å². The SMILES string of the molecule is CCCC1(CO)CCN(Cc2ccc(C(=O)O)cc2F)C1. The van der Waals surface area contributed by atoms with Gasteiger partial charge >= 0.3 is 5.97 Å². The standard InChI is InChI=1S/C16H22FNO3/c1-2-5-16(11-19)6-7-18(10-16)9-13-4-3-12(15(20)21)8-14(13)17/h3-4,8,19H,2,5-7,9-11H2,1H3,(H,20,21). The van der Waals surface area contributed by atoms with Crippen molar-refractivity contribution in [3.8, 4) is 0 Å². The largest absolute Gasteiger partial charge is 0.478 e. The molecule has 5 heteroatoms. The molecular weight excluding hydrogens is 273 g/mol. The summed E-state index contributed by atoms with van der Waals surface area (Å²) < 4.78 is 13.9. The molecule has 0 aliphatic carbocycles. The van der Waals surface area contributed by atoms with Crippen molar-refractivity contribution in [2.24, 2.45) is 5.41 Å². The van der Waals surface area contributed by atoms with E-state index < -0.39 is 11.8 Å². The lowest BCUT2D eigenvalue weighted by Crippen LogP contribution is -2.30. The number of aliphatic hydroxyl groups excluding tert-OH is 1. The molecule has 0 saturated carbocycles. The molecule has 1 saturated heterocycles. The summed E-state index contributed by atoms with van der Waals surface area (Å²) in [4.78, 5) is 12.9. The zero-order valence-corrected chi connectivity index (χ0v) is 12.3. The molecule has 2 rings (SSSR count). The van der Waals surface area contributed by atoms with Crippen LogP contribution in [0.2, 0.25) is 0 Å². The molecule has 21 heavy (non-hydrogen) atoms. The van der Waals surface area contributed by atoms with Gasteiger partial charge in [-0.3, -0.25) is 4.90 Å². The van der Waals surface area contributed by atoms with Crippen LogP contribution in [0.4, 0.5) is 4.39 Å².